The maximum atomic E-state index is 13.9. The molecule has 0 saturated carbocycles. The van der Waals surface area contributed by atoms with Gasteiger partial charge in [0.25, 0.3) is 7.37 Å². The fourth-order valence-electron chi connectivity index (χ4n) is 2.81. The lowest BCUT2D eigenvalue weighted by Gasteiger charge is -2.25. The van der Waals surface area contributed by atoms with Gasteiger partial charge in [0.05, 0.1) is 6.61 Å². The summed E-state index contributed by atoms with van der Waals surface area (Å²) in [6, 6.07) is 25.9. The van der Waals surface area contributed by atoms with Crippen LogP contribution in [0.15, 0.2) is 84.9 Å². The molecule has 0 aromatic heterocycles. The third-order valence-electron chi connectivity index (χ3n) is 4.41. The first-order chi connectivity index (χ1) is 13.0. The van der Waals surface area contributed by atoms with Crippen LogP contribution in [-0.4, -0.2) is 19.2 Å². The topological polar surface area (TPSA) is 49.8 Å². The summed E-state index contributed by atoms with van der Waals surface area (Å²) in [5.74, 6) is -1.23. The number of benzene rings is 3. The van der Waals surface area contributed by atoms with Crippen LogP contribution in [0.25, 0.3) is 0 Å². The number of anilines is 1. The van der Waals surface area contributed by atoms with Gasteiger partial charge in [0.15, 0.2) is 5.85 Å². The molecule has 3 rings (SSSR count). The van der Waals surface area contributed by atoms with Crippen molar-refractivity contribution in [3.63, 3.8) is 0 Å². The molecule has 0 radical (unpaired) electrons. The Balaban J connectivity index is 1.96. The van der Waals surface area contributed by atoms with Crippen molar-refractivity contribution >= 4 is 18.4 Å². The van der Waals surface area contributed by atoms with Gasteiger partial charge in [0.2, 0.25) is 0 Å². The molecule has 0 aliphatic carbocycles. The van der Waals surface area contributed by atoms with Gasteiger partial charge in [-0.2, -0.15) is 0 Å². The van der Waals surface area contributed by atoms with E-state index in [9.17, 15) is 9.67 Å². The summed E-state index contributed by atoms with van der Waals surface area (Å²) < 4.78 is 19.8. The van der Waals surface area contributed by atoms with Crippen LogP contribution in [0.4, 0.5) is 5.69 Å². The number of hydrogen-bond acceptors (Lipinski definition) is 4. The van der Waals surface area contributed by atoms with Gasteiger partial charge in [-0.1, -0.05) is 60.7 Å². The molecule has 0 amide bonds. The van der Waals surface area contributed by atoms with Gasteiger partial charge >= 0.3 is 0 Å². The molecule has 1 N–H and O–H groups in total. The Kier molecular flexibility index (Phi) is 6.12. The molecule has 3 aromatic carbocycles. The average Bonchev–Trinajstić information content (AvgIpc) is 2.73. The van der Waals surface area contributed by atoms with E-state index < -0.39 is 13.2 Å². The van der Waals surface area contributed by atoms with Gasteiger partial charge < -0.3 is 14.5 Å². The van der Waals surface area contributed by atoms with Crippen LogP contribution in [0.1, 0.15) is 17.0 Å². The minimum Gasteiger partial charge on any atom is -0.378 e. The van der Waals surface area contributed by atoms with Crippen molar-refractivity contribution in [3.8, 4) is 0 Å². The quantitative estimate of drug-likeness (QED) is 0.610. The Hall–Kier alpha value is -2.39. The monoisotopic (exact) mass is 381 g/mol. The molecule has 0 aliphatic heterocycles. The second kappa shape index (κ2) is 8.53. The zero-order valence-corrected chi connectivity index (χ0v) is 16.4. The first-order valence-electron chi connectivity index (χ1n) is 8.80. The molecule has 4 nitrogen and oxygen atoms in total. The van der Waals surface area contributed by atoms with E-state index in [1.165, 1.54) is 0 Å². The predicted molar refractivity (Wildman–Crippen MR) is 111 cm³/mol. The minimum atomic E-state index is -3.56. The van der Waals surface area contributed by atoms with E-state index in [0.29, 0.717) is 10.9 Å². The Labute approximate surface area is 160 Å². The van der Waals surface area contributed by atoms with Crippen LogP contribution in [-0.2, 0) is 15.7 Å². The number of hydrogen-bond donors (Lipinski definition) is 1. The van der Waals surface area contributed by atoms with E-state index in [1.807, 2.05) is 79.7 Å². The number of aliphatic hydroxyl groups is 1. The van der Waals surface area contributed by atoms with E-state index in [4.69, 9.17) is 4.52 Å². The fraction of sp³-hybridized carbons (Fsp3) is 0.182. The summed E-state index contributed by atoms with van der Waals surface area (Å²) in [5, 5.41) is 11.5. The van der Waals surface area contributed by atoms with Crippen molar-refractivity contribution in [1.82, 2.24) is 0 Å². The maximum Gasteiger partial charge on any atom is 0.264 e. The van der Waals surface area contributed by atoms with Crippen LogP contribution in [0, 0.1) is 0 Å². The second-order valence-electron chi connectivity index (χ2n) is 6.55. The second-order valence-corrected chi connectivity index (χ2v) is 9.01. The minimum absolute atomic E-state index is 0.164. The summed E-state index contributed by atoms with van der Waals surface area (Å²) in [7, 11) is 0.324. The molecule has 0 heterocycles. The molecule has 0 spiro atoms. The van der Waals surface area contributed by atoms with Crippen LogP contribution < -0.4 is 10.2 Å². The van der Waals surface area contributed by atoms with Gasteiger partial charge in [-0.3, -0.25) is 4.57 Å². The first kappa shape index (κ1) is 19.4. The summed E-state index contributed by atoms with van der Waals surface area (Å²) in [4.78, 5) is 1.97. The highest BCUT2D eigenvalue weighted by Crippen LogP contribution is 2.58. The summed E-state index contributed by atoms with van der Waals surface area (Å²) in [6.07, 6.45) is 0. The Morgan fingerprint density at radius 1 is 0.889 bits per heavy atom. The summed E-state index contributed by atoms with van der Waals surface area (Å²) in [6.45, 7) is 0.164. The van der Waals surface area contributed by atoms with Crippen molar-refractivity contribution < 1.29 is 14.2 Å². The molecule has 140 valence electrons. The van der Waals surface area contributed by atoms with Crippen LogP contribution in [0.5, 0.6) is 0 Å². The lowest BCUT2D eigenvalue weighted by atomic mass is 10.2. The standard InChI is InChI=1S/C22H24NO3P/c1-23(2)20-13-15-21(16-14-20)27(25,22(24)19-11-7-4-8-12-19)26-17-18-9-5-3-6-10-18/h3-16,22,24H,17H2,1-2H3/t22-,27+/m0/s1. The normalized spacial score (nSPS) is 14.3. The van der Waals surface area contributed by atoms with Gasteiger partial charge in [-0.25, -0.2) is 0 Å². The Morgan fingerprint density at radius 3 is 2.00 bits per heavy atom. The average molecular weight is 381 g/mol. The highest BCUT2D eigenvalue weighted by Gasteiger charge is 2.36. The van der Waals surface area contributed by atoms with Gasteiger partial charge in [0, 0.05) is 25.1 Å². The van der Waals surface area contributed by atoms with Gasteiger partial charge in [-0.05, 0) is 35.4 Å². The molecule has 0 fully saturated rings. The van der Waals surface area contributed by atoms with E-state index in [1.54, 1.807) is 24.3 Å². The maximum absolute atomic E-state index is 13.9. The number of aliphatic hydroxyl groups excluding tert-OH is 1. The molecule has 0 saturated heterocycles. The van der Waals surface area contributed by atoms with Crippen molar-refractivity contribution in [3.05, 3.63) is 96.1 Å². The fourth-order valence-corrected chi connectivity index (χ4v) is 4.85. The molecule has 27 heavy (non-hydrogen) atoms. The SMILES string of the molecule is CN(C)c1ccc([P@@](=O)(OCc2ccccc2)[C@H](O)c2ccccc2)cc1. The highest BCUT2D eigenvalue weighted by molar-refractivity contribution is 7.67. The molecule has 5 heteroatoms. The molecule has 0 aliphatic rings. The zero-order chi connectivity index (χ0) is 19.3. The molecular formula is C22H24NO3P. The first-order valence-corrected chi connectivity index (χ1v) is 10.5. The van der Waals surface area contributed by atoms with Gasteiger partial charge in [-0.15, -0.1) is 0 Å². The smallest absolute Gasteiger partial charge is 0.264 e. The zero-order valence-electron chi connectivity index (χ0n) is 15.5. The molecule has 2 atom stereocenters. The lowest BCUT2D eigenvalue weighted by Crippen LogP contribution is -2.16. The largest absolute Gasteiger partial charge is 0.378 e. The lowest BCUT2D eigenvalue weighted by molar-refractivity contribution is 0.210. The van der Waals surface area contributed by atoms with E-state index >= 15 is 0 Å². The number of rotatable bonds is 7. The van der Waals surface area contributed by atoms with Crippen molar-refractivity contribution in [2.75, 3.05) is 19.0 Å². The van der Waals surface area contributed by atoms with E-state index in [2.05, 4.69) is 0 Å². The van der Waals surface area contributed by atoms with Crippen LogP contribution >= 0.6 is 7.37 Å². The highest BCUT2D eigenvalue weighted by atomic mass is 31.2. The summed E-state index contributed by atoms with van der Waals surface area (Å²) >= 11 is 0. The van der Waals surface area contributed by atoms with Crippen LogP contribution in [0.2, 0.25) is 0 Å². The van der Waals surface area contributed by atoms with Crippen molar-refractivity contribution in [2.24, 2.45) is 0 Å². The van der Waals surface area contributed by atoms with E-state index in [-0.39, 0.29) is 6.61 Å². The third kappa shape index (κ3) is 4.48. The molecule has 0 bridgehead atoms. The number of nitrogens with zero attached hydrogens (tertiary/aromatic N) is 1. The predicted octanol–water partition coefficient (Wildman–Crippen LogP) is 4.56. The van der Waals surface area contributed by atoms with Crippen LogP contribution in [0.3, 0.4) is 0 Å². The third-order valence-corrected chi connectivity index (χ3v) is 6.88. The molecule has 0 unspecified atom stereocenters. The molecule has 3 aromatic rings. The van der Waals surface area contributed by atoms with Gasteiger partial charge in [0.1, 0.15) is 0 Å². The van der Waals surface area contributed by atoms with E-state index in [0.717, 1.165) is 11.3 Å². The van der Waals surface area contributed by atoms with Crippen molar-refractivity contribution in [2.45, 2.75) is 12.5 Å². The Morgan fingerprint density at radius 2 is 1.44 bits per heavy atom. The van der Waals surface area contributed by atoms with Crippen molar-refractivity contribution in [1.29, 1.82) is 0 Å². The molecular weight excluding hydrogens is 357 g/mol. The summed E-state index contributed by atoms with van der Waals surface area (Å²) in [5.41, 5.74) is 2.47. The Bertz CT molecular complexity index is 896.